The second kappa shape index (κ2) is 9.44. The Kier molecular flexibility index (Phi) is 6.94. The van der Waals surface area contributed by atoms with E-state index in [1.807, 2.05) is 25.1 Å². The van der Waals surface area contributed by atoms with E-state index >= 15 is 0 Å². The molecule has 0 spiro atoms. The zero-order chi connectivity index (χ0) is 21.8. The molecule has 0 saturated carbocycles. The number of imide groups is 1. The average Bonchev–Trinajstić information content (AvgIpc) is 2.94. The minimum Gasteiger partial charge on any atom is -0.487 e. The van der Waals surface area contributed by atoms with Gasteiger partial charge < -0.3 is 14.8 Å². The number of methoxy groups -OCH3 is 1. The summed E-state index contributed by atoms with van der Waals surface area (Å²) in [5.74, 6) is -0.662. The molecule has 1 N–H and O–H groups in total. The Morgan fingerprint density at radius 3 is 2.50 bits per heavy atom. The van der Waals surface area contributed by atoms with Gasteiger partial charge in [0.05, 0.1) is 16.1 Å². The quantitative estimate of drug-likeness (QED) is 0.340. The third kappa shape index (κ3) is 5.09. The van der Waals surface area contributed by atoms with Crippen LogP contribution in [0.25, 0.3) is 6.08 Å². The van der Waals surface area contributed by atoms with Gasteiger partial charge >= 0.3 is 12.0 Å². The average molecular weight is 538 g/mol. The Morgan fingerprint density at radius 1 is 1.17 bits per heavy atom. The molecule has 1 aliphatic rings. The van der Waals surface area contributed by atoms with Crippen LogP contribution in [0.5, 0.6) is 5.75 Å². The van der Waals surface area contributed by atoms with E-state index < -0.39 is 24.5 Å². The van der Waals surface area contributed by atoms with Crippen LogP contribution in [-0.4, -0.2) is 36.5 Å². The molecule has 1 fully saturated rings. The van der Waals surface area contributed by atoms with E-state index in [1.54, 1.807) is 12.1 Å². The number of carbonyl (C=O) groups excluding carboxylic acids is 3. The van der Waals surface area contributed by atoms with Crippen LogP contribution in [0.1, 0.15) is 16.7 Å². The summed E-state index contributed by atoms with van der Waals surface area (Å²) in [5, 5.41) is 2.47. The predicted molar refractivity (Wildman–Crippen MR) is 118 cm³/mol. The Hall–Kier alpha value is -2.65. The van der Waals surface area contributed by atoms with Gasteiger partial charge in [-0.15, -0.1) is 0 Å². The molecule has 0 atom stereocenters. The first kappa shape index (κ1) is 22.0. The van der Waals surface area contributed by atoms with E-state index in [0.29, 0.717) is 26.9 Å². The summed E-state index contributed by atoms with van der Waals surface area (Å²) in [7, 11) is 1.19. The number of hydrogen-bond donors (Lipinski definition) is 1. The Balaban J connectivity index is 1.77. The molecule has 156 valence electrons. The summed E-state index contributed by atoms with van der Waals surface area (Å²) >= 11 is 6.98. The first-order valence-electron chi connectivity index (χ1n) is 8.87. The maximum Gasteiger partial charge on any atom is 0.329 e. The Bertz CT molecular complexity index is 1030. The molecule has 0 unspecified atom stereocenters. The number of amides is 3. The van der Waals surface area contributed by atoms with E-state index in [2.05, 4.69) is 48.0 Å². The van der Waals surface area contributed by atoms with Crippen molar-refractivity contribution in [2.45, 2.75) is 13.5 Å². The summed E-state index contributed by atoms with van der Waals surface area (Å²) in [6, 6.07) is 10.9. The minimum atomic E-state index is -0.680. The number of ether oxygens (including phenoxy) is 2. The number of benzene rings is 2. The maximum atomic E-state index is 12.4. The van der Waals surface area contributed by atoms with Gasteiger partial charge in [-0.2, -0.15) is 0 Å². The van der Waals surface area contributed by atoms with Crippen LogP contribution in [0.2, 0.25) is 0 Å². The molecule has 9 heteroatoms. The maximum absolute atomic E-state index is 12.4. The van der Waals surface area contributed by atoms with Crippen LogP contribution in [0.4, 0.5) is 4.79 Å². The van der Waals surface area contributed by atoms with Crippen molar-refractivity contribution in [2.24, 2.45) is 0 Å². The summed E-state index contributed by atoms with van der Waals surface area (Å²) < 4.78 is 11.8. The van der Waals surface area contributed by atoms with E-state index in [4.69, 9.17) is 4.74 Å². The first-order chi connectivity index (χ1) is 14.3. The highest BCUT2D eigenvalue weighted by molar-refractivity contribution is 9.11. The number of esters is 1. The lowest BCUT2D eigenvalue weighted by Gasteiger charge is -2.12. The molecule has 1 heterocycles. The number of hydrogen-bond acceptors (Lipinski definition) is 5. The smallest absolute Gasteiger partial charge is 0.329 e. The number of carbonyl (C=O) groups is 3. The van der Waals surface area contributed by atoms with E-state index in [-0.39, 0.29) is 5.70 Å². The van der Waals surface area contributed by atoms with Gasteiger partial charge in [0, 0.05) is 0 Å². The van der Waals surface area contributed by atoms with Crippen LogP contribution < -0.4 is 10.1 Å². The molecule has 7 nitrogen and oxygen atoms in total. The van der Waals surface area contributed by atoms with Gasteiger partial charge in [0.25, 0.3) is 5.91 Å². The number of urea groups is 1. The second-order valence-electron chi connectivity index (χ2n) is 6.55. The van der Waals surface area contributed by atoms with Gasteiger partial charge in [-0.1, -0.05) is 29.8 Å². The van der Waals surface area contributed by atoms with Crippen molar-refractivity contribution in [3.8, 4) is 5.75 Å². The van der Waals surface area contributed by atoms with Crippen molar-refractivity contribution < 1.29 is 23.9 Å². The van der Waals surface area contributed by atoms with Crippen LogP contribution in [0.15, 0.2) is 51.0 Å². The molecule has 30 heavy (non-hydrogen) atoms. The van der Waals surface area contributed by atoms with E-state index in [9.17, 15) is 14.4 Å². The van der Waals surface area contributed by atoms with Gasteiger partial charge in [-0.3, -0.25) is 9.59 Å². The molecule has 0 aromatic heterocycles. The molecule has 0 radical (unpaired) electrons. The molecular formula is C21H18Br2N2O5. The minimum absolute atomic E-state index is 0.0659. The fraction of sp³-hybridized carbons (Fsp3) is 0.190. The van der Waals surface area contributed by atoms with Crippen molar-refractivity contribution in [3.63, 3.8) is 0 Å². The largest absolute Gasteiger partial charge is 0.487 e. The van der Waals surface area contributed by atoms with Crippen molar-refractivity contribution in [3.05, 3.63) is 67.7 Å². The molecule has 3 rings (SSSR count). The molecule has 3 amide bonds. The summed E-state index contributed by atoms with van der Waals surface area (Å²) in [6.07, 6.45) is 1.53. The molecule has 1 saturated heterocycles. The SMILES string of the molecule is COC(=O)CN1C(=O)N/C(=C/c2cc(Br)c(OCc3cccc(C)c3)c(Br)c2)C1=O. The molecule has 2 aromatic rings. The number of nitrogens with one attached hydrogen (secondary N) is 1. The highest BCUT2D eigenvalue weighted by atomic mass is 79.9. The van der Waals surface area contributed by atoms with Crippen LogP contribution >= 0.6 is 31.9 Å². The van der Waals surface area contributed by atoms with Gasteiger partial charge in [0.1, 0.15) is 24.6 Å². The normalized spacial score (nSPS) is 14.8. The number of aryl methyl sites for hydroxylation is 1. The van der Waals surface area contributed by atoms with Gasteiger partial charge in [-0.25, -0.2) is 9.69 Å². The first-order valence-corrected chi connectivity index (χ1v) is 10.5. The van der Waals surface area contributed by atoms with Crippen molar-refractivity contribution in [1.82, 2.24) is 10.2 Å². The van der Waals surface area contributed by atoms with Crippen molar-refractivity contribution >= 4 is 55.8 Å². The lowest BCUT2D eigenvalue weighted by molar-refractivity contribution is -0.143. The fourth-order valence-corrected chi connectivity index (χ4v) is 4.28. The summed E-state index contributed by atoms with van der Waals surface area (Å²) in [6.45, 7) is 1.97. The standard InChI is InChI=1S/C21H18Br2N2O5/c1-12-4-3-5-13(6-12)11-30-19-15(22)7-14(8-16(19)23)9-17-20(27)25(21(28)24-17)10-18(26)29-2/h3-9H,10-11H2,1-2H3,(H,24,28)/b17-9+. The highest BCUT2D eigenvalue weighted by Gasteiger charge is 2.35. The monoisotopic (exact) mass is 536 g/mol. The van der Waals surface area contributed by atoms with Gasteiger partial charge in [-0.05, 0) is 68.1 Å². The lowest BCUT2D eigenvalue weighted by Crippen LogP contribution is -2.36. The molecule has 2 aromatic carbocycles. The third-order valence-corrected chi connectivity index (χ3v) is 5.45. The van der Waals surface area contributed by atoms with Crippen LogP contribution in [0.3, 0.4) is 0 Å². The molecule has 1 aliphatic heterocycles. The number of halogens is 2. The fourth-order valence-electron chi connectivity index (χ4n) is 2.83. The van der Waals surface area contributed by atoms with Crippen molar-refractivity contribution in [2.75, 3.05) is 13.7 Å². The molecule has 0 bridgehead atoms. The summed E-state index contributed by atoms with van der Waals surface area (Å²) in [5.41, 5.74) is 2.92. The lowest BCUT2D eigenvalue weighted by atomic mass is 10.1. The highest BCUT2D eigenvalue weighted by Crippen LogP contribution is 2.36. The molecular weight excluding hydrogens is 520 g/mol. The van der Waals surface area contributed by atoms with E-state index in [0.717, 1.165) is 16.0 Å². The van der Waals surface area contributed by atoms with Gasteiger partial charge in [0.2, 0.25) is 0 Å². The third-order valence-electron chi connectivity index (χ3n) is 4.27. The topological polar surface area (TPSA) is 84.9 Å². The van der Waals surface area contributed by atoms with Crippen LogP contribution in [0, 0.1) is 6.92 Å². The number of rotatable bonds is 6. The zero-order valence-corrected chi connectivity index (χ0v) is 19.4. The predicted octanol–water partition coefficient (Wildman–Crippen LogP) is 4.16. The van der Waals surface area contributed by atoms with Crippen molar-refractivity contribution in [1.29, 1.82) is 0 Å². The Labute approximate surface area is 190 Å². The van der Waals surface area contributed by atoms with Gasteiger partial charge in [0.15, 0.2) is 0 Å². The molecule has 0 aliphatic carbocycles. The second-order valence-corrected chi connectivity index (χ2v) is 8.26. The van der Waals surface area contributed by atoms with E-state index in [1.165, 1.54) is 13.2 Å². The summed E-state index contributed by atoms with van der Waals surface area (Å²) in [4.78, 5) is 36.6. The number of nitrogens with zero attached hydrogens (tertiary/aromatic N) is 1. The zero-order valence-electron chi connectivity index (χ0n) is 16.2. The Morgan fingerprint density at radius 2 is 1.87 bits per heavy atom. The van der Waals surface area contributed by atoms with Crippen LogP contribution in [-0.2, 0) is 20.9 Å².